The number of ether oxygens (including phenoxy) is 2. The van der Waals surface area contributed by atoms with Crippen LogP contribution in [0, 0.1) is 0 Å². The van der Waals surface area contributed by atoms with E-state index in [-0.39, 0.29) is 12.5 Å². The summed E-state index contributed by atoms with van der Waals surface area (Å²) in [6.07, 6.45) is 58.5. The quantitative estimate of drug-likeness (QED) is 0.0261. The van der Waals surface area contributed by atoms with E-state index in [2.05, 4.69) is 67.8 Å². The van der Waals surface area contributed by atoms with Crippen molar-refractivity contribution in [1.82, 2.24) is 5.32 Å². The molecule has 0 bridgehead atoms. The fraction of sp³-hybridized carbons (Fsp3) is 0.850. The molecule has 404 valence electrons. The van der Waals surface area contributed by atoms with Gasteiger partial charge in [0.1, 0.15) is 24.4 Å². The molecule has 0 spiro atoms. The van der Waals surface area contributed by atoms with Gasteiger partial charge >= 0.3 is 0 Å². The molecular weight excluding hydrogens is 863 g/mol. The van der Waals surface area contributed by atoms with E-state index in [1.807, 2.05) is 0 Å². The van der Waals surface area contributed by atoms with Crippen LogP contribution >= 0.6 is 0 Å². The van der Waals surface area contributed by atoms with E-state index >= 15 is 0 Å². The van der Waals surface area contributed by atoms with Gasteiger partial charge in [-0.2, -0.15) is 0 Å². The molecule has 1 aliphatic rings. The zero-order chi connectivity index (χ0) is 50.1. The lowest BCUT2D eigenvalue weighted by molar-refractivity contribution is -0.302. The van der Waals surface area contributed by atoms with Crippen LogP contribution in [0.15, 0.2) is 48.6 Å². The monoisotopic (exact) mass is 974 g/mol. The molecule has 0 aromatic rings. The fourth-order valence-corrected chi connectivity index (χ4v) is 9.33. The van der Waals surface area contributed by atoms with E-state index in [1.165, 1.54) is 173 Å². The molecule has 0 aliphatic carbocycles. The summed E-state index contributed by atoms with van der Waals surface area (Å²) in [7, 11) is 0. The van der Waals surface area contributed by atoms with Gasteiger partial charge in [-0.15, -0.1) is 0 Å². The Balaban J connectivity index is 2.20. The van der Waals surface area contributed by atoms with Crippen molar-refractivity contribution >= 4 is 5.91 Å². The topological polar surface area (TPSA) is 149 Å². The lowest BCUT2D eigenvalue weighted by Crippen LogP contribution is -2.60. The minimum atomic E-state index is -1.56. The number of carbonyl (C=O) groups is 1. The molecule has 1 heterocycles. The highest BCUT2D eigenvalue weighted by Gasteiger charge is 2.44. The number of aliphatic hydroxyl groups excluding tert-OH is 5. The Kier molecular flexibility index (Phi) is 47.0. The number of allylic oxidation sites excluding steroid dienone is 8. The van der Waals surface area contributed by atoms with Crippen molar-refractivity contribution in [3.63, 3.8) is 0 Å². The predicted molar refractivity (Wildman–Crippen MR) is 290 cm³/mol. The number of rotatable bonds is 50. The number of aliphatic hydroxyl groups is 5. The van der Waals surface area contributed by atoms with Crippen molar-refractivity contribution in [3.8, 4) is 0 Å². The Hall–Kier alpha value is -1.85. The second-order valence-corrected chi connectivity index (χ2v) is 20.4. The van der Waals surface area contributed by atoms with Gasteiger partial charge in [0.2, 0.25) is 5.91 Å². The number of nitrogens with one attached hydrogen (secondary N) is 1. The van der Waals surface area contributed by atoms with E-state index in [1.54, 1.807) is 0 Å². The molecule has 1 rings (SSSR count). The lowest BCUT2D eigenvalue weighted by Gasteiger charge is -2.40. The maximum Gasteiger partial charge on any atom is 0.220 e. The Bertz CT molecular complexity index is 1220. The van der Waals surface area contributed by atoms with Crippen molar-refractivity contribution in [2.75, 3.05) is 13.2 Å². The average Bonchev–Trinajstić information content (AvgIpc) is 3.35. The standard InChI is InChI=1S/C60H111NO8/c1-3-5-7-9-11-13-15-17-19-21-23-25-27-29-31-33-35-37-39-41-43-45-47-49-54(63)53(52-68-60-59(67)58(66)57(65)55(51-62)69-60)61-56(64)50-48-46-44-42-40-38-36-34-32-30-28-26-24-22-20-18-16-14-12-10-8-6-4-2/h6,8,12,14,18,20,24,26,53-55,57-60,62-63,65-67H,3-5,7,9-11,13,15-17,19,21-23,25,27-52H2,1-2H3,(H,61,64)/b8-6-,14-12-,20-18-,26-24-. The van der Waals surface area contributed by atoms with Crippen LogP contribution in [-0.4, -0.2) is 87.5 Å². The molecule has 1 aliphatic heterocycles. The highest BCUT2D eigenvalue weighted by Crippen LogP contribution is 2.23. The van der Waals surface area contributed by atoms with Crippen LogP contribution < -0.4 is 5.32 Å². The lowest BCUT2D eigenvalue weighted by atomic mass is 9.99. The van der Waals surface area contributed by atoms with Crippen molar-refractivity contribution in [1.29, 1.82) is 0 Å². The maximum absolute atomic E-state index is 13.1. The summed E-state index contributed by atoms with van der Waals surface area (Å²) in [5.74, 6) is -0.147. The first-order valence-corrected chi connectivity index (χ1v) is 29.3. The van der Waals surface area contributed by atoms with E-state index in [0.717, 1.165) is 70.6 Å². The van der Waals surface area contributed by atoms with Gasteiger partial charge in [-0.25, -0.2) is 0 Å². The largest absolute Gasteiger partial charge is 0.394 e. The normalized spacial score (nSPS) is 19.8. The van der Waals surface area contributed by atoms with Crippen LogP contribution in [0.1, 0.15) is 271 Å². The number of amides is 1. The molecular formula is C60H111NO8. The van der Waals surface area contributed by atoms with E-state index in [0.29, 0.717) is 12.8 Å². The zero-order valence-corrected chi connectivity index (χ0v) is 44.8. The molecule has 7 unspecified atom stereocenters. The second-order valence-electron chi connectivity index (χ2n) is 20.4. The van der Waals surface area contributed by atoms with Crippen molar-refractivity contribution in [3.05, 3.63) is 48.6 Å². The van der Waals surface area contributed by atoms with Crippen LogP contribution in [0.3, 0.4) is 0 Å². The molecule has 7 atom stereocenters. The third-order valence-corrected chi connectivity index (χ3v) is 13.9. The third kappa shape index (κ3) is 39.4. The molecule has 1 amide bonds. The van der Waals surface area contributed by atoms with Gasteiger partial charge < -0.3 is 40.3 Å². The molecule has 6 N–H and O–H groups in total. The summed E-state index contributed by atoms with van der Waals surface area (Å²) in [6, 6.07) is -0.724. The maximum atomic E-state index is 13.1. The van der Waals surface area contributed by atoms with Crippen LogP contribution in [0.2, 0.25) is 0 Å². The smallest absolute Gasteiger partial charge is 0.220 e. The number of hydrogen-bond acceptors (Lipinski definition) is 8. The Morgan fingerprint density at radius 2 is 0.899 bits per heavy atom. The zero-order valence-electron chi connectivity index (χ0n) is 44.8. The summed E-state index contributed by atoms with van der Waals surface area (Å²) in [5, 5.41) is 54.7. The van der Waals surface area contributed by atoms with Crippen molar-refractivity contribution in [2.45, 2.75) is 314 Å². The molecule has 9 nitrogen and oxygen atoms in total. The highest BCUT2D eigenvalue weighted by atomic mass is 16.7. The molecule has 1 fully saturated rings. The Labute approximate surface area is 424 Å². The third-order valence-electron chi connectivity index (χ3n) is 13.9. The van der Waals surface area contributed by atoms with Gasteiger partial charge in [0.05, 0.1) is 25.4 Å². The Morgan fingerprint density at radius 3 is 1.33 bits per heavy atom. The SMILES string of the molecule is CC/C=C\C/C=C\C/C=C\C/C=C\CCCCCCCCCCCCC(=O)NC(COC1OC(CO)C(O)C(O)C1O)C(O)CCCCCCCCCCCCCCCCCCCCCCCCC. The average molecular weight is 975 g/mol. The number of carbonyl (C=O) groups excluding carboxylic acids is 1. The van der Waals surface area contributed by atoms with Gasteiger partial charge in [-0.05, 0) is 51.4 Å². The molecule has 0 aromatic heterocycles. The second kappa shape index (κ2) is 49.7. The van der Waals surface area contributed by atoms with Crippen LogP contribution in [0.5, 0.6) is 0 Å². The minimum Gasteiger partial charge on any atom is -0.394 e. The fourth-order valence-electron chi connectivity index (χ4n) is 9.33. The van der Waals surface area contributed by atoms with Crippen LogP contribution in [0.4, 0.5) is 0 Å². The molecule has 0 saturated carbocycles. The van der Waals surface area contributed by atoms with Crippen LogP contribution in [-0.2, 0) is 14.3 Å². The first kappa shape index (κ1) is 65.2. The molecule has 1 saturated heterocycles. The first-order chi connectivity index (χ1) is 33.8. The van der Waals surface area contributed by atoms with Crippen molar-refractivity contribution in [2.24, 2.45) is 0 Å². The first-order valence-electron chi connectivity index (χ1n) is 29.3. The van der Waals surface area contributed by atoms with E-state index < -0.39 is 49.5 Å². The van der Waals surface area contributed by atoms with Gasteiger partial charge in [0, 0.05) is 6.42 Å². The molecule has 0 radical (unpaired) electrons. The summed E-state index contributed by atoms with van der Waals surface area (Å²) in [6.45, 7) is 3.75. The Morgan fingerprint density at radius 1 is 0.507 bits per heavy atom. The molecule has 0 aromatic carbocycles. The summed E-state index contributed by atoms with van der Waals surface area (Å²) in [4.78, 5) is 13.1. The van der Waals surface area contributed by atoms with Gasteiger partial charge in [0.25, 0.3) is 0 Å². The molecule has 69 heavy (non-hydrogen) atoms. The van der Waals surface area contributed by atoms with Gasteiger partial charge in [-0.1, -0.05) is 262 Å². The minimum absolute atomic E-state index is 0.139. The van der Waals surface area contributed by atoms with E-state index in [4.69, 9.17) is 9.47 Å². The number of unbranched alkanes of at least 4 members (excludes halogenated alkanes) is 32. The summed E-state index contributed by atoms with van der Waals surface area (Å²) >= 11 is 0. The van der Waals surface area contributed by atoms with E-state index in [9.17, 15) is 30.3 Å². The highest BCUT2D eigenvalue weighted by molar-refractivity contribution is 5.76. The van der Waals surface area contributed by atoms with Crippen molar-refractivity contribution < 1.29 is 39.8 Å². The number of hydrogen-bond donors (Lipinski definition) is 6. The summed E-state index contributed by atoms with van der Waals surface area (Å²) in [5.41, 5.74) is 0. The predicted octanol–water partition coefficient (Wildman–Crippen LogP) is 14.5. The summed E-state index contributed by atoms with van der Waals surface area (Å²) < 4.78 is 11.3. The van der Waals surface area contributed by atoms with Gasteiger partial charge in [-0.3, -0.25) is 4.79 Å². The van der Waals surface area contributed by atoms with Gasteiger partial charge in [0.15, 0.2) is 6.29 Å². The molecule has 9 heteroatoms. The van der Waals surface area contributed by atoms with Crippen LogP contribution in [0.25, 0.3) is 0 Å².